The molecule has 2 N–H and O–H groups in total. The summed E-state index contributed by atoms with van der Waals surface area (Å²) < 4.78 is 5.32. The Morgan fingerprint density at radius 3 is 2.67 bits per heavy atom. The molecule has 0 radical (unpaired) electrons. The van der Waals surface area contributed by atoms with Crippen molar-refractivity contribution in [1.82, 2.24) is 0 Å². The summed E-state index contributed by atoms with van der Waals surface area (Å²) in [6.07, 6.45) is 8.34. The van der Waals surface area contributed by atoms with Crippen molar-refractivity contribution < 1.29 is 19.7 Å². The average Bonchev–Trinajstić information content (AvgIpc) is 2.41. The van der Waals surface area contributed by atoms with Crippen LogP contribution < -0.4 is 0 Å². The maximum absolute atomic E-state index is 11.7. The lowest BCUT2D eigenvalue weighted by molar-refractivity contribution is -0.144. The Hall–Kier alpha value is -1.39. The van der Waals surface area contributed by atoms with E-state index < -0.39 is 17.7 Å². The lowest BCUT2D eigenvalue weighted by Crippen LogP contribution is -2.23. The molecular formula is C17H26O4. The number of cyclic esters (lactones) is 1. The number of carbonyl (C=O) groups excluding carboxylic acids is 1. The third-order valence-electron chi connectivity index (χ3n) is 3.83. The second-order valence-electron chi connectivity index (χ2n) is 6.01. The van der Waals surface area contributed by atoms with E-state index in [-0.39, 0.29) is 12.0 Å². The van der Waals surface area contributed by atoms with Gasteiger partial charge in [-0.05, 0) is 51.2 Å². The zero-order chi connectivity index (χ0) is 16.0. The molecule has 0 unspecified atom stereocenters. The maximum Gasteiger partial charge on any atom is 0.330 e. The molecule has 4 heteroatoms. The molecule has 1 rings (SSSR count). The number of allylic oxidation sites excluding steroid dienone is 1. The first-order valence-electron chi connectivity index (χ1n) is 7.37. The minimum absolute atomic E-state index is 0.191. The second-order valence-corrected chi connectivity index (χ2v) is 6.01. The number of aliphatic hydroxyl groups excluding tert-OH is 1. The first-order valence-corrected chi connectivity index (χ1v) is 7.37. The Kier molecular flexibility index (Phi) is 6.37. The number of ether oxygens (including phenoxy) is 1. The maximum atomic E-state index is 11.7. The Balaban J connectivity index is 2.99. The van der Waals surface area contributed by atoms with E-state index in [1.807, 2.05) is 26.8 Å². The van der Waals surface area contributed by atoms with Crippen molar-refractivity contribution in [3.8, 4) is 0 Å². The molecule has 0 fully saturated rings. The molecule has 0 aromatic rings. The van der Waals surface area contributed by atoms with Gasteiger partial charge in [0.25, 0.3) is 0 Å². The fraction of sp³-hybridized carbons (Fsp3) is 0.588. The Morgan fingerprint density at radius 2 is 2.00 bits per heavy atom. The monoisotopic (exact) mass is 294 g/mol. The molecule has 21 heavy (non-hydrogen) atoms. The Morgan fingerprint density at radius 1 is 1.33 bits per heavy atom. The van der Waals surface area contributed by atoms with Crippen LogP contribution in [0.5, 0.6) is 0 Å². The quantitative estimate of drug-likeness (QED) is 0.532. The van der Waals surface area contributed by atoms with Gasteiger partial charge in [-0.2, -0.15) is 0 Å². The first kappa shape index (κ1) is 17.7. The van der Waals surface area contributed by atoms with Gasteiger partial charge in [-0.15, -0.1) is 0 Å². The molecule has 4 atom stereocenters. The minimum Gasteiger partial charge on any atom is -0.459 e. The summed E-state index contributed by atoms with van der Waals surface area (Å²) in [5.41, 5.74) is -0.459. The normalized spacial score (nSPS) is 35.8. The first-order chi connectivity index (χ1) is 9.71. The van der Waals surface area contributed by atoms with E-state index in [2.05, 4.69) is 0 Å². The van der Waals surface area contributed by atoms with Gasteiger partial charge in [0.15, 0.2) is 0 Å². The lowest BCUT2D eigenvalue weighted by atomic mass is 9.97. The Labute approximate surface area is 126 Å². The molecule has 1 aliphatic heterocycles. The summed E-state index contributed by atoms with van der Waals surface area (Å²) in [5.74, 6) is -0.241. The summed E-state index contributed by atoms with van der Waals surface area (Å²) >= 11 is 0. The highest BCUT2D eigenvalue weighted by atomic mass is 16.5. The van der Waals surface area contributed by atoms with Crippen LogP contribution >= 0.6 is 0 Å². The summed E-state index contributed by atoms with van der Waals surface area (Å²) in [5, 5.41) is 20.1. The summed E-state index contributed by atoms with van der Waals surface area (Å²) in [6, 6.07) is 0. The van der Waals surface area contributed by atoms with Gasteiger partial charge in [0.1, 0.15) is 6.10 Å². The number of carbonyl (C=O) groups is 1. The molecule has 0 amide bonds. The van der Waals surface area contributed by atoms with Gasteiger partial charge in [-0.1, -0.05) is 25.2 Å². The van der Waals surface area contributed by atoms with E-state index in [4.69, 9.17) is 4.74 Å². The van der Waals surface area contributed by atoms with Gasteiger partial charge < -0.3 is 14.9 Å². The molecule has 0 bridgehead atoms. The minimum atomic E-state index is -1.31. The number of aliphatic hydroxyl groups is 2. The van der Waals surface area contributed by atoms with Gasteiger partial charge >= 0.3 is 5.97 Å². The zero-order valence-corrected chi connectivity index (χ0v) is 13.2. The van der Waals surface area contributed by atoms with E-state index in [1.165, 1.54) is 31.2 Å². The smallest absolute Gasteiger partial charge is 0.330 e. The van der Waals surface area contributed by atoms with Crippen LogP contribution in [0, 0.1) is 5.92 Å². The van der Waals surface area contributed by atoms with Crippen LogP contribution in [-0.4, -0.2) is 34.0 Å². The van der Waals surface area contributed by atoms with Crippen LogP contribution in [0.1, 0.15) is 40.5 Å². The van der Waals surface area contributed by atoms with Crippen molar-refractivity contribution in [2.45, 2.75) is 58.3 Å². The number of esters is 1. The molecule has 118 valence electrons. The topological polar surface area (TPSA) is 66.8 Å². The third kappa shape index (κ3) is 6.27. The van der Waals surface area contributed by atoms with Crippen LogP contribution in [0.3, 0.4) is 0 Å². The molecule has 0 saturated carbocycles. The highest BCUT2D eigenvalue weighted by molar-refractivity contribution is 5.82. The van der Waals surface area contributed by atoms with Crippen molar-refractivity contribution >= 4 is 5.97 Å². The van der Waals surface area contributed by atoms with Gasteiger partial charge in [0.2, 0.25) is 0 Å². The van der Waals surface area contributed by atoms with Gasteiger partial charge in [-0.3, -0.25) is 0 Å². The van der Waals surface area contributed by atoms with E-state index in [0.29, 0.717) is 0 Å². The Bertz CT molecular complexity index is 446. The largest absolute Gasteiger partial charge is 0.459 e. The molecule has 0 spiro atoms. The van der Waals surface area contributed by atoms with Crippen molar-refractivity contribution in [3.05, 3.63) is 36.0 Å². The van der Waals surface area contributed by atoms with Gasteiger partial charge in [-0.25, -0.2) is 4.79 Å². The van der Waals surface area contributed by atoms with Crippen molar-refractivity contribution in [2.24, 2.45) is 5.92 Å². The van der Waals surface area contributed by atoms with E-state index in [0.717, 1.165) is 18.4 Å². The molecule has 1 aliphatic rings. The average molecular weight is 294 g/mol. The van der Waals surface area contributed by atoms with Gasteiger partial charge in [0.05, 0.1) is 11.7 Å². The third-order valence-corrected chi connectivity index (χ3v) is 3.83. The number of rotatable bonds is 0. The van der Waals surface area contributed by atoms with Crippen LogP contribution in [0.4, 0.5) is 0 Å². The van der Waals surface area contributed by atoms with Crippen LogP contribution in [0.2, 0.25) is 0 Å². The highest BCUT2D eigenvalue weighted by Gasteiger charge is 2.18. The second kappa shape index (κ2) is 7.57. The standard InChI is InChI=1S/C17H26O4/c1-12-6-5-7-13(2)15(18)8-10-17(4,20)11-9-16(19)21-14(12)3/h7-12,14-15,18,20H,5-6H2,1-4H3/t12-,14+,15-,17+/m0/s1. The van der Waals surface area contributed by atoms with Crippen molar-refractivity contribution in [3.63, 3.8) is 0 Å². The molecular weight excluding hydrogens is 268 g/mol. The molecule has 0 saturated heterocycles. The predicted octanol–water partition coefficient (Wildman–Crippen LogP) is 2.52. The fourth-order valence-electron chi connectivity index (χ4n) is 2.00. The molecule has 0 aromatic carbocycles. The zero-order valence-electron chi connectivity index (χ0n) is 13.2. The van der Waals surface area contributed by atoms with Crippen LogP contribution in [-0.2, 0) is 9.53 Å². The van der Waals surface area contributed by atoms with Crippen LogP contribution in [0.25, 0.3) is 0 Å². The van der Waals surface area contributed by atoms with Crippen molar-refractivity contribution in [2.75, 3.05) is 0 Å². The summed E-state index contributed by atoms with van der Waals surface area (Å²) in [7, 11) is 0. The predicted molar refractivity (Wildman–Crippen MR) is 82.6 cm³/mol. The van der Waals surface area contributed by atoms with E-state index >= 15 is 0 Å². The fourth-order valence-corrected chi connectivity index (χ4v) is 2.00. The van der Waals surface area contributed by atoms with Gasteiger partial charge in [0, 0.05) is 6.08 Å². The van der Waals surface area contributed by atoms with E-state index in [9.17, 15) is 15.0 Å². The molecule has 0 aliphatic carbocycles. The molecule has 0 aromatic heterocycles. The molecule has 4 nitrogen and oxygen atoms in total. The highest BCUT2D eigenvalue weighted by Crippen LogP contribution is 2.18. The molecule has 1 heterocycles. The summed E-state index contributed by atoms with van der Waals surface area (Å²) in [4.78, 5) is 11.7. The SMILES string of the molecule is CC1=CCC[C@H](C)[C@@H](C)OC(=O)C=C[C@](C)(O)C=C[C@@H]1O. The number of hydrogen-bond acceptors (Lipinski definition) is 4. The summed E-state index contributed by atoms with van der Waals surface area (Å²) in [6.45, 7) is 7.30. The van der Waals surface area contributed by atoms with Crippen molar-refractivity contribution in [1.29, 1.82) is 0 Å². The number of hydrogen-bond donors (Lipinski definition) is 2. The van der Waals surface area contributed by atoms with E-state index in [1.54, 1.807) is 0 Å². The van der Waals surface area contributed by atoms with Crippen LogP contribution in [0.15, 0.2) is 36.0 Å². The lowest BCUT2D eigenvalue weighted by Gasteiger charge is -2.20.